The molecule has 0 radical (unpaired) electrons. The van der Waals surface area contributed by atoms with Crippen molar-refractivity contribution in [3.63, 3.8) is 0 Å². The van der Waals surface area contributed by atoms with Gasteiger partial charge in [0.25, 0.3) is 0 Å². The van der Waals surface area contributed by atoms with Crippen LogP contribution in [-0.4, -0.2) is 47.4 Å². The number of ether oxygens (including phenoxy) is 1. The fraction of sp³-hybridized carbons (Fsp3) is 0.833. The van der Waals surface area contributed by atoms with E-state index in [4.69, 9.17) is 4.74 Å². The van der Waals surface area contributed by atoms with Crippen molar-refractivity contribution in [2.75, 3.05) is 13.2 Å². The van der Waals surface area contributed by atoms with Crippen LogP contribution in [0.3, 0.4) is 0 Å². The number of carbonyl (C=O) groups is 2. The monoisotopic (exact) mass is 760 g/mol. The SMILES string of the molecule is CCCCCC/C=C\C/C=C\CCCCCCCCCC(=O)OCCCCCC/C=C\CCCC(=O)NC(CO)C(O)CCCCCCCCCCCC. The molecular formula is C48H89NO5. The Bertz CT molecular complexity index is 884. The summed E-state index contributed by atoms with van der Waals surface area (Å²) in [6.45, 7) is 4.81. The molecule has 0 fully saturated rings. The summed E-state index contributed by atoms with van der Waals surface area (Å²) in [4.78, 5) is 24.4. The first kappa shape index (κ1) is 52.1. The highest BCUT2D eigenvalue weighted by Gasteiger charge is 2.19. The fourth-order valence-electron chi connectivity index (χ4n) is 6.79. The number of allylic oxidation sites excluding steroid dienone is 6. The van der Waals surface area contributed by atoms with Gasteiger partial charge in [0, 0.05) is 12.8 Å². The van der Waals surface area contributed by atoms with Crippen molar-refractivity contribution < 1.29 is 24.5 Å². The van der Waals surface area contributed by atoms with Crippen LogP contribution in [0.25, 0.3) is 0 Å². The summed E-state index contributed by atoms with van der Waals surface area (Å²) in [6.07, 6.45) is 51.1. The molecule has 0 aliphatic rings. The molecule has 0 spiro atoms. The molecule has 54 heavy (non-hydrogen) atoms. The Hall–Kier alpha value is -1.92. The molecule has 6 nitrogen and oxygen atoms in total. The van der Waals surface area contributed by atoms with Crippen molar-refractivity contribution >= 4 is 11.9 Å². The molecule has 316 valence electrons. The van der Waals surface area contributed by atoms with Crippen LogP contribution in [0.1, 0.15) is 232 Å². The second-order valence-electron chi connectivity index (χ2n) is 15.7. The molecule has 0 aliphatic carbocycles. The topological polar surface area (TPSA) is 95.9 Å². The number of hydrogen-bond acceptors (Lipinski definition) is 5. The summed E-state index contributed by atoms with van der Waals surface area (Å²) in [5, 5.41) is 23.0. The number of unbranched alkanes of at least 4 members (excludes halogenated alkanes) is 25. The lowest BCUT2D eigenvalue weighted by atomic mass is 10.0. The van der Waals surface area contributed by atoms with E-state index < -0.39 is 12.1 Å². The van der Waals surface area contributed by atoms with Crippen molar-refractivity contribution in [1.29, 1.82) is 0 Å². The van der Waals surface area contributed by atoms with E-state index >= 15 is 0 Å². The van der Waals surface area contributed by atoms with Gasteiger partial charge in [-0.3, -0.25) is 9.59 Å². The second kappa shape index (κ2) is 43.8. The van der Waals surface area contributed by atoms with Crippen LogP contribution in [0, 0.1) is 0 Å². The first-order valence-corrected chi connectivity index (χ1v) is 23.2. The van der Waals surface area contributed by atoms with Crippen LogP contribution >= 0.6 is 0 Å². The van der Waals surface area contributed by atoms with Crippen LogP contribution in [-0.2, 0) is 14.3 Å². The highest BCUT2D eigenvalue weighted by atomic mass is 16.5. The number of carbonyl (C=O) groups excluding carboxylic acids is 2. The Balaban J connectivity index is 3.54. The summed E-state index contributed by atoms with van der Waals surface area (Å²) >= 11 is 0. The van der Waals surface area contributed by atoms with Crippen molar-refractivity contribution in [2.45, 2.75) is 244 Å². The van der Waals surface area contributed by atoms with Gasteiger partial charge in [-0.25, -0.2) is 0 Å². The van der Waals surface area contributed by atoms with Crippen molar-refractivity contribution in [3.05, 3.63) is 36.5 Å². The van der Waals surface area contributed by atoms with E-state index in [0.717, 1.165) is 77.0 Å². The Kier molecular flexibility index (Phi) is 42.2. The molecular weight excluding hydrogens is 671 g/mol. The normalized spacial score (nSPS) is 13.0. The molecule has 0 saturated carbocycles. The van der Waals surface area contributed by atoms with Gasteiger partial charge in [-0.05, 0) is 77.0 Å². The van der Waals surface area contributed by atoms with Gasteiger partial charge in [-0.2, -0.15) is 0 Å². The van der Waals surface area contributed by atoms with Crippen LogP contribution in [0.5, 0.6) is 0 Å². The van der Waals surface area contributed by atoms with Crippen LogP contribution in [0.2, 0.25) is 0 Å². The van der Waals surface area contributed by atoms with E-state index in [2.05, 4.69) is 55.6 Å². The van der Waals surface area contributed by atoms with E-state index in [-0.39, 0.29) is 18.5 Å². The predicted molar refractivity (Wildman–Crippen MR) is 232 cm³/mol. The quantitative estimate of drug-likeness (QED) is 0.0327. The zero-order valence-corrected chi connectivity index (χ0v) is 35.7. The molecule has 0 rings (SSSR count). The molecule has 1 amide bonds. The third-order valence-electron chi connectivity index (χ3n) is 10.4. The van der Waals surface area contributed by atoms with Gasteiger partial charge in [0.15, 0.2) is 0 Å². The molecule has 2 atom stereocenters. The van der Waals surface area contributed by atoms with E-state index in [9.17, 15) is 19.8 Å². The van der Waals surface area contributed by atoms with Crippen molar-refractivity contribution in [2.24, 2.45) is 0 Å². The van der Waals surface area contributed by atoms with Gasteiger partial charge >= 0.3 is 5.97 Å². The number of amides is 1. The standard InChI is InChI=1S/C48H89NO5/c1-3-5-7-9-11-13-15-16-17-18-19-20-21-22-26-30-34-38-42-48(53)54-43-39-35-31-27-23-25-29-33-37-41-47(52)49-45(44-50)46(51)40-36-32-28-24-14-12-10-8-6-4-2/h13,15,17-18,25,29,45-46,50-51H,3-12,14,16,19-24,26-28,30-44H2,1-2H3,(H,49,52)/b15-13-,18-17-,29-25-. The van der Waals surface area contributed by atoms with Gasteiger partial charge in [0.1, 0.15) is 0 Å². The minimum atomic E-state index is -0.694. The maximum absolute atomic E-state index is 12.4. The Morgan fingerprint density at radius 3 is 1.48 bits per heavy atom. The van der Waals surface area contributed by atoms with Crippen LogP contribution < -0.4 is 5.32 Å². The predicted octanol–water partition coefficient (Wildman–Crippen LogP) is 13.3. The number of hydrogen-bond donors (Lipinski definition) is 3. The summed E-state index contributed by atoms with van der Waals surface area (Å²) in [6, 6.07) is -0.578. The Morgan fingerprint density at radius 1 is 0.519 bits per heavy atom. The lowest BCUT2D eigenvalue weighted by Crippen LogP contribution is -2.45. The third kappa shape index (κ3) is 39.8. The van der Waals surface area contributed by atoms with Crippen LogP contribution in [0.15, 0.2) is 36.5 Å². The van der Waals surface area contributed by atoms with E-state index in [1.165, 1.54) is 122 Å². The number of aliphatic hydroxyl groups is 2. The minimum absolute atomic E-state index is 0.0443. The van der Waals surface area contributed by atoms with Crippen molar-refractivity contribution in [3.8, 4) is 0 Å². The molecule has 0 aromatic rings. The highest BCUT2D eigenvalue weighted by molar-refractivity contribution is 5.76. The summed E-state index contributed by atoms with van der Waals surface area (Å²) < 4.78 is 5.43. The summed E-state index contributed by atoms with van der Waals surface area (Å²) in [7, 11) is 0. The molecule has 3 N–H and O–H groups in total. The first-order valence-electron chi connectivity index (χ1n) is 23.2. The smallest absolute Gasteiger partial charge is 0.305 e. The average Bonchev–Trinajstić information content (AvgIpc) is 3.17. The van der Waals surface area contributed by atoms with Gasteiger partial charge in [0.2, 0.25) is 5.91 Å². The highest BCUT2D eigenvalue weighted by Crippen LogP contribution is 2.14. The lowest BCUT2D eigenvalue weighted by molar-refractivity contribution is -0.143. The number of nitrogens with one attached hydrogen (secondary N) is 1. The van der Waals surface area contributed by atoms with E-state index in [1.54, 1.807) is 0 Å². The summed E-state index contributed by atoms with van der Waals surface area (Å²) in [5.41, 5.74) is 0. The third-order valence-corrected chi connectivity index (χ3v) is 10.4. The average molecular weight is 760 g/mol. The fourth-order valence-corrected chi connectivity index (χ4v) is 6.79. The molecule has 0 bridgehead atoms. The maximum atomic E-state index is 12.4. The minimum Gasteiger partial charge on any atom is -0.466 e. The molecule has 2 unspecified atom stereocenters. The molecule has 0 saturated heterocycles. The zero-order chi connectivity index (χ0) is 39.4. The summed E-state index contributed by atoms with van der Waals surface area (Å²) in [5.74, 6) is -0.144. The Labute approximate surface area is 334 Å². The van der Waals surface area contributed by atoms with Crippen molar-refractivity contribution in [1.82, 2.24) is 5.32 Å². The Morgan fingerprint density at radius 2 is 0.944 bits per heavy atom. The van der Waals surface area contributed by atoms with E-state index in [1.807, 2.05) is 0 Å². The van der Waals surface area contributed by atoms with Crippen LogP contribution in [0.4, 0.5) is 0 Å². The lowest BCUT2D eigenvalue weighted by Gasteiger charge is -2.22. The molecule has 0 aliphatic heterocycles. The largest absolute Gasteiger partial charge is 0.466 e. The van der Waals surface area contributed by atoms with E-state index in [0.29, 0.717) is 25.9 Å². The first-order chi connectivity index (χ1) is 26.5. The number of aliphatic hydroxyl groups excluding tert-OH is 2. The molecule has 0 heterocycles. The zero-order valence-electron chi connectivity index (χ0n) is 35.7. The van der Waals surface area contributed by atoms with Gasteiger partial charge in [-0.15, -0.1) is 0 Å². The van der Waals surface area contributed by atoms with Gasteiger partial charge < -0.3 is 20.3 Å². The number of esters is 1. The number of rotatable bonds is 42. The molecule has 6 heteroatoms. The van der Waals surface area contributed by atoms with Gasteiger partial charge in [0.05, 0.1) is 25.4 Å². The second-order valence-corrected chi connectivity index (χ2v) is 15.7. The molecule has 0 aromatic carbocycles. The maximum Gasteiger partial charge on any atom is 0.305 e. The van der Waals surface area contributed by atoms with Gasteiger partial charge in [-0.1, -0.05) is 179 Å². The molecule has 0 aromatic heterocycles.